The molecule has 9 nitrogen and oxygen atoms in total. The minimum Gasteiger partial charge on any atom is -0.493 e. The topological polar surface area (TPSA) is 117 Å². The van der Waals surface area contributed by atoms with Crippen LogP contribution in [0.15, 0.2) is 30.3 Å². The number of benzene rings is 2. The zero-order valence-electron chi connectivity index (χ0n) is 15.5. The van der Waals surface area contributed by atoms with Gasteiger partial charge in [-0.15, -0.1) is 0 Å². The standard InChI is InChI=1S/C18H16Cl2N2O7/c1-9(17(23)21-12-6-4-5-11(19)16(12)20)29-18(24)10-7-14(27-2)15(28-3)8-13(10)22(25)26/h4-9H,1-3H3,(H,21,23)/t9-/m1/s1. The van der Waals surface area contributed by atoms with Crippen LogP contribution in [-0.2, 0) is 9.53 Å². The molecule has 1 N–H and O–H groups in total. The number of nitro groups is 1. The SMILES string of the molecule is COc1cc(C(=O)O[C@H](C)C(=O)Nc2cccc(Cl)c2Cl)c([N+](=O)[O-])cc1OC. The lowest BCUT2D eigenvalue weighted by atomic mass is 10.1. The van der Waals surface area contributed by atoms with E-state index >= 15 is 0 Å². The summed E-state index contributed by atoms with van der Waals surface area (Å²) in [6.45, 7) is 1.30. The van der Waals surface area contributed by atoms with E-state index in [9.17, 15) is 19.7 Å². The van der Waals surface area contributed by atoms with E-state index in [0.717, 1.165) is 12.1 Å². The summed E-state index contributed by atoms with van der Waals surface area (Å²) in [4.78, 5) is 35.3. The molecule has 0 aliphatic carbocycles. The second-order valence-electron chi connectivity index (χ2n) is 5.62. The molecule has 0 radical (unpaired) electrons. The maximum absolute atomic E-state index is 12.5. The summed E-state index contributed by atoms with van der Waals surface area (Å²) < 4.78 is 15.1. The van der Waals surface area contributed by atoms with Gasteiger partial charge in [-0.25, -0.2) is 4.79 Å². The first kappa shape index (κ1) is 22.3. The molecule has 0 fully saturated rings. The van der Waals surface area contributed by atoms with Crippen LogP contribution in [0.1, 0.15) is 17.3 Å². The van der Waals surface area contributed by atoms with Crippen LogP contribution in [0.4, 0.5) is 11.4 Å². The number of hydrogen-bond acceptors (Lipinski definition) is 7. The fraction of sp³-hybridized carbons (Fsp3) is 0.222. The Kier molecular flexibility index (Phi) is 7.24. The molecule has 0 aliphatic rings. The van der Waals surface area contributed by atoms with Crippen molar-refractivity contribution in [1.29, 1.82) is 0 Å². The highest BCUT2D eigenvalue weighted by atomic mass is 35.5. The Morgan fingerprint density at radius 2 is 1.76 bits per heavy atom. The van der Waals surface area contributed by atoms with Gasteiger partial charge in [-0.3, -0.25) is 14.9 Å². The van der Waals surface area contributed by atoms with Crippen molar-refractivity contribution in [3.63, 3.8) is 0 Å². The minimum absolute atomic E-state index is 0.0668. The van der Waals surface area contributed by atoms with E-state index in [2.05, 4.69) is 5.32 Å². The summed E-state index contributed by atoms with van der Waals surface area (Å²) in [6, 6.07) is 6.77. The first-order chi connectivity index (χ1) is 13.7. The fourth-order valence-corrected chi connectivity index (χ4v) is 2.64. The highest BCUT2D eigenvalue weighted by molar-refractivity contribution is 6.44. The maximum Gasteiger partial charge on any atom is 0.346 e. The number of nitrogens with one attached hydrogen (secondary N) is 1. The van der Waals surface area contributed by atoms with Crippen molar-refractivity contribution in [2.75, 3.05) is 19.5 Å². The van der Waals surface area contributed by atoms with Gasteiger partial charge < -0.3 is 19.5 Å². The predicted octanol–water partition coefficient (Wildman–Crippen LogP) is 4.10. The Balaban J connectivity index is 2.23. The van der Waals surface area contributed by atoms with Crippen LogP contribution >= 0.6 is 23.2 Å². The third-order valence-corrected chi connectivity index (χ3v) is 4.60. The number of esters is 1. The highest BCUT2D eigenvalue weighted by Crippen LogP contribution is 2.35. The number of hydrogen-bond donors (Lipinski definition) is 1. The van der Waals surface area contributed by atoms with Crippen molar-refractivity contribution in [1.82, 2.24) is 0 Å². The zero-order chi connectivity index (χ0) is 21.7. The lowest BCUT2D eigenvalue weighted by Gasteiger charge is -2.15. The Labute approximate surface area is 175 Å². The zero-order valence-corrected chi connectivity index (χ0v) is 17.0. The molecule has 11 heteroatoms. The maximum atomic E-state index is 12.5. The van der Waals surface area contributed by atoms with E-state index in [1.54, 1.807) is 12.1 Å². The Morgan fingerprint density at radius 1 is 1.14 bits per heavy atom. The summed E-state index contributed by atoms with van der Waals surface area (Å²) in [6.07, 6.45) is -1.29. The molecule has 0 saturated heterocycles. The van der Waals surface area contributed by atoms with E-state index in [1.165, 1.54) is 27.2 Å². The Bertz CT molecular complexity index is 965. The average Bonchev–Trinajstić information content (AvgIpc) is 2.69. The molecular formula is C18H16Cl2N2O7. The molecule has 0 saturated carbocycles. The Hall–Kier alpha value is -3.04. The molecule has 154 valence electrons. The molecule has 0 aliphatic heterocycles. The molecule has 0 aromatic heterocycles. The molecule has 2 rings (SSSR count). The van der Waals surface area contributed by atoms with Gasteiger partial charge in [-0.2, -0.15) is 0 Å². The number of halogens is 2. The van der Waals surface area contributed by atoms with Crippen LogP contribution in [0.3, 0.4) is 0 Å². The molecule has 0 unspecified atom stereocenters. The lowest BCUT2D eigenvalue weighted by Crippen LogP contribution is -2.30. The van der Waals surface area contributed by atoms with Crippen LogP contribution in [-0.4, -0.2) is 37.1 Å². The van der Waals surface area contributed by atoms with Gasteiger partial charge in [0.2, 0.25) is 0 Å². The smallest absolute Gasteiger partial charge is 0.346 e. The third kappa shape index (κ3) is 5.07. The van der Waals surface area contributed by atoms with Crippen LogP contribution in [0, 0.1) is 10.1 Å². The van der Waals surface area contributed by atoms with Gasteiger partial charge >= 0.3 is 5.97 Å². The molecule has 2 aromatic rings. The summed E-state index contributed by atoms with van der Waals surface area (Å²) in [7, 11) is 2.61. The van der Waals surface area contributed by atoms with Gasteiger partial charge in [0.05, 0.1) is 40.9 Å². The van der Waals surface area contributed by atoms with Crippen LogP contribution in [0.25, 0.3) is 0 Å². The van der Waals surface area contributed by atoms with Crippen LogP contribution in [0.2, 0.25) is 10.0 Å². The number of carbonyl (C=O) groups excluding carboxylic acids is 2. The number of carbonyl (C=O) groups is 2. The predicted molar refractivity (Wildman–Crippen MR) is 106 cm³/mol. The van der Waals surface area contributed by atoms with E-state index in [-0.39, 0.29) is 27.2 Å². The first-order valence-electron chi connectivity index (χ1n) is 8.05. The summed E-state index contributed by atoms with van der Waals surface area (Å²) in [5, 5.41) is 14.1. The van der Waals surface area contributed by atoms with Crippen molar-refractivity contribution >= 4 is 46.5 Å². The molecular weight excluding hydrogens is 427 g/mol. The second-order valence-corrected chi connectivity index (χ2v) is 6.40. The van der Waals surface area contributed by atoms with Crippen LogP contribution < -0.4 is 14.8 Å². The molecule has 29 heavy (non-hydrogen) atoms. The van der Waals surface area contributed by atoms with Crippen molar-refractivity contribution < 1.29 is 28.7 Å². The molecule has 0 bridgehead atoms. The molecule has 1 atom stereocenters. The van der Waals surface area contributed by atoms with E-state index in [4.69, 9.17) is 37.4 Å². The minimum atomic E-state index is -1.29. The van der Waals surface area contributed by atoms with E-state index in [0.29, 0.717) is 0 Å². The second kappa shape index (κ2) is 9.44. The molecule has 1 amide bonds. The first-order valence-corrected chi connectivity index (χ1v) is 8.81. The average molecular weight is 443 g/mol. The van der Waals surface area contributed by atoms with Gasteiger partial charge in [0.15, 0.2) is 17.6 Å². The van der Waals surface area contributed by atoms with Crippen LogP contribution in [0.5, 0.6) is 11.5 Å². The largest absolute Gasteiger partial charge is 0.493 e. The van der Waals surface area contributed by atoms with Gasteiger partial charge in [-0.1, -0.05) is 29.3 Å². The lowest BCUT2D eigenvalue weighted by molar-refractivity contribution is -0.385. The van der Waals surface area contributed by atoms with Crippen molar-refractivity contribution in [3.8, 4) is 11.5 Å². The van der Waals surface area contributed by atoms with Crippen molar-refractivity contribution in [3.05, 3.63) is 56.1 Å². The summed E-state index contributed by atoms with van der Waals surface area (Å²) in [5.41, 5.74) is -0.726. The highest BCUT2D eigenvalue weighted by Gasteiger charge is 2.28. The number of anilines is 1. The molecule has 2 aromatic carbocycles. The number of nitro benzene ring substituents is 1. The number of nitrogens with zero attached hydrogens (tertiary/aromatic N) is 1. The normalized spacial score (nSPS) is 11.3. The monoisotopic (exact) mass is 442 g/mol. The number of rotatable bonds is 7. The van der Waals surface area contributed by atoms with Gasteiger partial charge in [0.1, 0.15) is 5.56 Å². The molecule has 0 heterocycles. The number of ether oxygens (including phenoxy) is 3. The van der Waals surface area contributed by atoms with E-state index in [1.807, 2.05) is 0 Å². The van der Waals surface area contributed by atoms with Crippen molar-refractivity contribution in [2.45, 2.75) is 13.0 Å². The van der Waals surface area contributed by atoms with Gasteiger partial charge in [-0.05, 0) is 19.1 Å². The van der Waals surface area contributed by atoms with E-state index < -0.39 is 34.2 Å². The molecule has 0 spiro atoms. The quantitative estimate of drug-likeness (QED) is 0.389. The van der Waals surface area contributed by atoms with Gasteiger partial charge in [0, 0.05) is 6.07 Å². The summed E-state index contributed by atoms with van der Waals surface area (Å²) in [5.74, 6) is -1.63. The summed E-state index contributed by atoms with van der Waals surface area (Å²) >= 11 is 11.9. The fourth-order valence-electron chi connectivity index (χ4n) is 2.30. The number of methoxy groups -OCH3 is 2. The number of amides is 1. The Morgan fingerprint density at radius 3 is 2.34 bits per heavy atom. The third-order valence-electron chi connectivity index (χ3n) is 3.78. The van der Waals surface area contributed by atoms with Gasteiger partial charge in [0.25, 0.3) is 11.6 Å². The van der Waals surface area contributed by atoms with Crippen molar-refractivity contribution in [2.24, 2.45) is 0 Å².